The van der Waals surface area contributed by atoms with Gasteiger partial charge in [-0.15, -0.1) is 0 Å². The highest BCUT2D eigenvalue weighted by Gasteiger charge is 2.12. The molecule has 0 unspecified atom stereocenters. The van der Waals surface area contributed by atoms with Crippen LogP contribution in [0.4, 0.5) is 5.95 Å². The van der Waals surface area contributed by atoms with Gasteiger partial charge in [-0.2, -0.15) is 15.0 Å². The van der Waals surface area contributed by atoms with Crippen molar-refractivity contribution in [1.82, 2.24) is 24.5 Å². The maximum absolute atomic E-state index is 5.33. The third kappa shape index (κ3) is 2.55. The molecule has 0 spiro atoms. The Morgan fingerprint density at radius 1 is 1.28 bits per heavy atom. The molecule has 0 aliphatic carbocycles. The number of hydrogen-bond donors (Lipinski definition) is 1. The zero-order chi connectivity index (χ0) is 13.0. The lowest BCUT2D eigenvalue weighted by atomic mass is 10.5. The molecule has 0 aromatic carbocycles. The highest BCUT2D eigenvalue weighted by Crippen LogP contribution is 2.16. The second-order valence-electron chi connectivity index (χ2n) is 3.59. The van der Waals surface area contributed by atoms with Crippen molar-refractivity contribution in [2.45, 2.75) is 13.8 Å². The smallest absolute Gasteiger partial charge is 0.321 e. The fourth-order valence-electron chi connectivity index (χ4n) is 1.47. The van der Waals surface area contributed by atoms with Crippen molar-refractivity contribution >= 4 is 5.95 Å². The zero-order valence-corrected chi connectivity index (χ0v) is 10.7. The Bertz CT molecular complexity index is 500. The molecule has 96 valence electrons. The van der Waals surface area contributed by atoms with E-state index in [1.807, 2.05) is 31.7 Å². The molecule has 2 aromatic heterocycles. The van der Waals surface area contributed by atoms with E-state index in [4.69, 9.17) is 4.74 Å². The molecule has 18 heavy (non-hydrogen) atoms. The Balaban J connectivity index is 2.42. The van der Waals surface area contributed by atoms with Gasteiger partial charge >= 0.3 is 6.01 Å². The fourth-order valence-corrected chi connectivity index (χ4v) is 1.47. The quantitative estimate of drug-likeness (QED) is 0.853. The van der Waals surface area contributed by atoms with Gasteiger partial charge in [0.2, 0.25) is 11.8 Å². The first-order chi connectivity index (χ1) is 8.74. The van der Waals surface area contributed by atoms with Gasteiger partial charge in [-0.3, -0.25) is 0 Å². The van der Waals surface area contributed by atoms with Crippen LogP contribution in [-0.2, 0) is 7.05 Å². The molecular weight excluding hydrogens is 232 g/mol. The average molecular weight is 248 g/mol. The van der Waals surface area contributed by atoms with E-state index in [9.17, 15) is 0 Å². The first kappa shape index (κ1) is 12.3. The molecule has 0 saturated carbocycles. The van der Waals surface area contributed by atoms with Crippen LogP contribution in [0.3, 0.4) is 0 Å². The molecule has 0 bridgehead atoms. The minimum atomic E-state index is 0.307. The molecule has 0 aliphatic heterocycles. The van der Waals surface area contributed by atoms with Crippen LogP contribution in [0.1, 0.15) is 13.8 Å². The Morgan fingerprint density at radius 2 is 2.11 bits per heavy atom. The molecule has 2 aromatic rings. The van der Waals surface area contributed by atoms with Gasteiger partial charge < -0.3 is 14.6 Å². The van der Waals surface area contributed by atoms with Gasteiger partial charge in [0, 0.05) is 26.0 Å². The molecule has 2 rings (SSSR count). The van der Waals surface area contributed by atoms with Crippen molar-refractivity contribution in [2.24, 2.45) is 7.05 Å². The topological polar surface area (TPSA) is 77.8 Å². The molecule has 0 amide bonds. The van der Waals surface area contributed by atoms with E-state index in [-0.39, 0.29) is 0 Å². The summed E-state index contributed by atoms with van der Waals surface area (Å²) in [5.41, 5.74) is 0. The Kier molecular flexibility index (Phi) is 3.71. The van der Waals surface area contributed by atoms with E-state index in [1.54, 1.807) is 6.20 Å². The average Bonchev–Trinajstić information content (AvgIpc) is 2.76. The highest BCUT2D eigenvalue weighted by molar-refractivity contribution is 5.47. The van der Waals surface area contributed by atoms with Gasteiger partial charge in [0.05, 0.1) is 6.61 Å². The maximum atomic E-state index is 5.33. The lowest BCUT2D eigenvalue weighted by Gasteiger charge is -2.07. The molecule has 0 fully saturated rings. The van der Waals surface area contributed by atoms with Crippen LogP contribution < -0.4 is 10.1 Å². The predicted molar refractivity (Wildman–Crippen MR) is 67.4 cm³/mol. The first-order valence-corrected chi connectivity index (χ1v) is 5.85. The number of hydrogen-bond acceptors (Lipinski definition) is 6. The Morgan fingerprint density at radius 3 is 2.72 bits per heavy atom. The van der Waals surface area contributed by atoms with Crippen molar-refractivity contribution in [2.75, 3.05) is 18.5 Å². The predicted octanol–water partition coefficient (Wildman–Crippen LogP) is 1.10. The lowest BCUT2D eigenvalue weighted by Crippen LogP contribution is -2.08. The maximum Gasteiger partial charge on any atom is 0.321 e. The van der Waals surface area contributed by atoms with E-state index < -0.39 is 0 Å². The number of imidazole rings is 1. The number of ether oxygens (including phenoxy) is 1. The SMILES string of the molecule is CCNc1nc(OCC)nc(-c2nccn2C)n1. The molecule has 0 radical (unpaired) electrons. The number of anilines is 1. The molecule has 0 atom stereocenters. The molecule has 0 aliphatic rings. The molecule has 7 nitrogen and oxygen atoms in total. The molecule has 2 heterocycles. The van der Waals surface area contributed by atoms with Gasteiger partial charge in [-0.05, 0) is 13.8 Å². The Hall–Kier alpha value is -2.18. The number of nitrogens with one attached hydrogen (secondary N) is 1. The second kappa shape index (κ2) is 5.44. The van der Waals surface area contributed by atoms with E-state index >= 15 is 0 Å². The standard InChI is InChI=1S/C11H16N6O/c1-4-12-10-14-8(9-13-6-7-17(9)3)15-11(16-10)18-5-2/h6-7H,4-5H2,1-3H3,(H,12,14,15,16). The van der Waals surface area contributed by atoms with Gasteiger partial charge in [0.15, 0.2) is 5.82 Å². The van der Waals surface area contributed by atoms with Gasteiger partial charge in [-0.1, -0.05) is 0 Å². The highest BCUT2D eigenvalue weighted by atomic mass is 16.5. The summed E-state index contributed by atoms with van der Waals surface area (Å²) >= 11 is 0. The van der Waals surface area contributed by atoms with Gasteiger partial charge in [0.25, 0.3) is 0 Å². The summed E-state index contributed by atoms with van der Waals surface area (Å²) < 4.78 is 7.18. The number of rotatable bonds is 5. The van der Waals surface area contributed by atoms with Gasteiger partial charge in [0.1, 0.15) is 0 Å². The fraction of sp³-hybridized carbons (Fsp3) is 0.455. The van der Waals surface area contributed by atoms with Crippen LogP contribution in [0.2, 0.25) is 0 Å². The summed E-state index contributed by atoms with van der Waals surface area (Å²) in [4.78, 5) is 16.9. The molecule has 0 saturated heterocycles. The summed E-state index contributed by atoms with van der Waals surface area (Å²) in [5, 5.41) is 3.05. The van der Waals surface area contributed by atoms with Crippen LogP contribution in [-0.4, -0.2) is 37.7 Å². The normalized spacial score (nSPS) is 10.4. The summed E-state index contributed by atoms with van der Waals surface area (Å²) in [6.07, 6.45) is 3.54. The Labute approximate surface area is 105 Å². The van der Waals surface area contributed by atoms with Crippen LogP contribution >= 0.6 is 0 Å². The largest absolute Gasteiger partial charge is 0.464 e. The van der Waals surface area contributed by atoms with E-state index in [1.165, 1.54) is 0 Å². The minimum absolute atomic E-state index is 0.307. The van der Waals surface area contributed by atoms with Gasteiger partial charge in [-0.25, -0.2) is 4.98 Å². The van der Waals surface area contributed by atoms with E-state index in [0.717, 1.165) is 6.54 Å². The number of aromatic nitrogens is 5. The third-order valence-corrected chi connectivity index (χ3v) is 2.24. The van der Waals surface area contributed by atoms with E-state index in [2.05, 4.69) is 25.3 Å². The van der Waals surface area contributed by atoms with Crippen molar-refractivity contribution in [1.29, 1.82) is 0 Å². The third-order valence-electron chi connectivity index (χ3n) is 2.24. The van der Waals surface area contributed by atoms with Crippen molar-refractivity contribution in [3.63, 3.8) is 0 Å². The van der Waals surface area contributed by atoms with Crippen LogP contribution in [0.5, 0.6) is 6.01 Å². The zero-order valence-electron chi connectivity index (χ0n) is 10.7. The van der Waals surface area contributed by atoms with Crippen LogP contribution in [0.15, 0.2) is 12.4 Å². The minimum Gasteiger partial charge on any atom is -0.464 e. The van der Waals surface area contributed by atoms with Crippen LogP contribution in [0, 0.1) is 0 Å². The summed E-state index contributed by atoms with van der Waals surface area (Å²) in [7, 11) is 1.89. The van der Waals surface area contributed by atoms with Crippen molar-refractivity contribution in [3.05, 3.63) is 12.4 Å². The monoisotopic (exact) mass is 248 g/mol. The van der Waals surface area contributed by atoms with Crippen LogP contribution in [0.25, 0.3) is 11.6 Å². The molecule has 7 heteroatoms. The summed E-state index contributed by atoms with van der Waals surface area (Å²) in [5.74, 6) is 1.67. The summed E-state index contributed by atoms with van der Waals surface area (Å²) in [6.45, 7) is 5.10. The van der Waals surface area contributed by atoms with Crippen molar-refractivity contribution in [3.8, 4) is 17.7 Å². The molecule has 1 N–H and O–H groups in total. The first-order valence-electron chi connectivity index (χ1n) is 5.85. The number of aryl methyl sites for hydroxylation is 1. The lowest BCUT2D eigenvalue weighted by molar-refractivity contribution is 0.312. The summed E-state index contributed by atoms with van der Waals surface area (Å²) in [6, 6.07) is 0.307. The molecular formula is C11H16N6O. The van der Waals surface area contributed by atoms with E-state index in [0.29, 0.717) is 30.2 Å². The van der Waals surface area contributed by atoms with Crippen molar-refractivity contribution < 1.29 is 4.74 Å². The second-order valence-corrected chi connectivity index (χ2v) is 3.59. The number of nitrogens with zero attached hydrogens (tertiary/aromatic N) is 5.